The molecule has 5 rings (SSSR count). The second kappa shape index (κ2) is 8.78. The van der Waals surface area contributed by atoms with E-state index in [1.165, 1.54) is 25.9 Å². The van der Waals surface area contributed by atoms with E-state index in [1.807, 2.05) is 47.0 Å². The quantitative estimate of drug-likeness (QED) is 0.492. The van der Waals surface area contributed by atoms with E-state index in [2.05, 4.69) is 22.0 Å². The number of hydrogen-bond donors (Lipinski definition) is 1. The van der Waals surface area contributed by atoms with E-state index in [0.717, 1.165) is 47.2 Å². The van der Waals surface area contributed by atoms with Gasteiger partial charge in [-0.25, -0.2) is 9.50 Å². The molecule has 2 aromatic carbocycles. The molecule has 31 heavy (non-hydrogen) atoms. The van der Waals surface area contributed by atoms with Crippen molar-refractivity contribution >= 4 is 5.65 Å². The molecule has 1 N–H and O–H groups in total. The van der Waals surface area contributed by atoms with Crippen molar-refractivity contribution in [2.24, 2.45) is 0 Å². The van der Waals surface area contributed by atoms with E-state index in [4.69, 9.17) is 9.84 Å². The van der Waals surface area contributed by atoms with Gasteiger partial charge in [-0.15, -0.1) is 0 Å². The molecule has 0 unspecified atom stereocenters. The zero-order valence-corrected chi connectivity index (χ0v) is 17.4. The van der Waals surface area contributed by atoms with Gasteiger partial charge in [-0.05, 0) is 67.9 Å². The Morgan fingerprint density at radius 3 is 2.55 bits per heavy atom. The fraction of sp³-hybridized carbons (Fsp3) is 0.280. The zero-order chi connectivity index (χ0) is 21.0. The topological polar surface area (TPSA) is 62.9 Å². The molecule has 2 aromatic heterocycles. The molecular weight excluding hydrogens is 388 g/mol. The minimum atomic E-state index is 0.234. The molecule has 0 radical (unpaired) electrons. The van der Waals surface area contributed by atoms with Crippen LogP contribution in [-0.4, -0.2) is 50.8 Å². The summed E-state index contributed by atoms with van der Waals surface area (Å²) in [5, 5.41) is 14.5. The normalized spacial score (nSPS) is 14.3. The number of aromatic hydroxyl groups is 1. The molecule has 0 atom stereocenters. The number of nitrogens with zero attached hydrogens (tertiary/aromatic N) is 4. The van der Waals surface area contributed by atoms with Crippen LogP contribution in [-0.2, 0) is 6.42 Å². The van der Waals surface area contributed by atoms with Gasteiger partial charge < -0.3 is 9.84 Å². The Bertz CT molecular complexity index is 1160. The first-order valence-corrected chi connectivity index (χ1v) is 10.8. The van der Waals surface area contributed by atoms with Crippen molar-refractivity contribution < 1.29 is 9.84 Å². The average molecular weight is 415 g/mol. The first kappa shape index (κ1) is 19.6. The number of hydrogen-bond acceptors (Lipinski definition) is 5. The molecule has 1 fully saturated rings. The van der Waals surface area contributed by atoms with E-state index in [9.17, 15) is 5.11 Å². The van der Waals surface area contributed by atoms with Crippen LogP contribution in [0.25, 0.3) is 16.9 Å². The van der Waals surface area contributed by atoms with Crippen molar-refractivity contribution in [2.75, 3.05) is 26.2 Å². The van der Waals surface area contributed by atoms with Crippen LogP contribution in [0.1, 0.15) is 24.2 Å². The standard InChI is InChI=1S/C25H26N4O2/c30-21-6-3-5-20(18-21)23-7-4-8-25-26-24(27-29(23)25)17-19-9-11-22(12-10-19)31-16-15-28-13-1-2-14-28/h3-12,18,30H,1-2,13-17H2. The number of pyridine rings is 1. The van der Waals surface area contributed by atoms with Crippen molar-refractivity contribution in [1.82, 2.24) is 19.5 Å². The van der Waals surface area contributed by atoms with Crippen molar-refractivity contribution in [2.45, 2.75) is 19.3 Å². The number of aromatic nitrogens is 3. The molecule has 6 heteroatoms. The number of fused-ring (bicyclic) bond motifs is 1. The van der Waals surface area contributed by atoms with Crippen molar-refractivity contribution in [1.29, 1.82) is 0 Å². The number of phenols is 1. The molecule has 0 amide bonds. The van der Waals surface area contributed by atoms with Gasteiger partial charge in [-0.2, -0.15) is 5.10 Å². The molecule has 3 heterocycles. The summed E-state index contributed by atoms with van der Waals surface area (Å²) in [6.07, 6.45) is 3.26. The van der Waals surface area contributed by atoms with E-state index in [-0.39, 0.29) is 5.75 Å². The van der Waals surface area contributed by atoms with E-state index >= 15 is 0 Å². The molecule has 158 valence electrons. The van der Waals surface area contributed by atoms with Gasteiger partial charge in [-0.3, -0.25) is 4.90 Å². The maximum absolute atomic E-state index is 9.82. The van der Waals surface area contributed by atoms with Crippen molar-refractivity contribution in [3.8, 4) is 22.8 Å². The number of phenolic OH excluding ortho intramolecular Hbond substituents is 1. The van der Waals surface area contributed by atoms with Gasteiger partial charge >= 0.3 is 0 Å². The Morgan fingerprint density at radius 1 is 0.935 bits per heavy atom. The largest absolute Gasteiger partial charge is 0.508 e. The minimum absolute atomic E-state index is 0.234. The summed E-state index contributed by atoms with van der Waals surface area (Å²) in [5.74, 6) is 1.89. The van der Waals surface area contributed by atoms with Crippen molar-refractivity contribution in [3.05, 3.63) is 78.1 Å². The SMILES string of the molecule is Oc1cccc(-c2cccc3nc(Cc4ccc(OCCN5CCCC5)cc4)nn23)c1. The summed E-state index contributed by atoms with van der Waals surface area (Å²) >= 11 is 0. The highest BCUT2D eigenvalue weighted by Crippen LogP contribution is 2.24. The van der Waals surface area contributed by atoms with E-state index in [1.54, 1.807) is 12.1 Å². The molecule has 6 nitrogen and oxygen atoms in total. The zero-order valence-electron chi connectivity index (χ0n) is 17.4. The fourth-order valence-corrected chi connectivity index (χ4v) is 4.09. The van der Waals surface area contributed by atoms with Crippen LogP contribution in [0.4, 0.5) is 0 Å². The summed E-state index contributed by atoms with van der Waals surface area (Å²) < 4.78 is 7.73. The third-order valence-corrected chi connectivity index (χ3v) is 5.71. The van der Waals surface area contributed by atoms with Crippen LogP contribution in [0.3, 0.4) is 0 Å². The molecule has 0 aliphatic carbocycles. The van der Waals surface area contributed by atoms with Gasteiger partial charge in [0.15, 0.2) is 11.5 Å². The number of likely N-dealkylation sites (tertiary alicyclic amines) is 1. The van der Waals surface area contributed by atoms with Crippen LogP contribution >= 0.6 is 0 Å². The van der Waals surface area contributed by atoms with Crippen molar-refractivity contribution in [3.63, 3.8) is 0 Å². The second-order valence-corrected chi connectivity index (χ2v) is 7.98. The second-order valence-electron chi connectivity index (χ2n) is 7.98. The molecule has 1 aliphatic rings. The van der Waals surface area contributed by atoms with Crippen LogP contribution < -0.4 is 4.74 Å². The lowest BCUT2D eigenvalue weighted by Gasteiger charge is -2.14. The average Bonchev–Trinajstić information content (AvgIpc) is 3.44. The molecule has 0 saturated carbocycles. The third-order valence-electron chi connectivity index (χ3n) is 5.71. The lowest BCUT2D eigenvalue weighted by molar-refractivity contribution is 0.238. The van der Waals surface area contributed by atoms with Gasteiger partial charge in [0.1, 0.15) is 18.1 Å². The van der Waals surface area contributed by atoms with Gasteiger partial charge in [0, 0.05) is 18.5 Å². The van der Waals surface area contributed by atoms with E-state index < -0.39 is 0 Å². The third kappa shape index (κ3) is 4.54. The molecule has 0 spiro atoms. The lowest BCUT2D eigenvalue weighted by atomic mass is 10.1. The Balaban J connectivity index is 1.27. The molecule has 4 aromatic rings. The summed E-state index contributed by atoms with van der Waals surface area (Å²) in [7, 11) is 0. The van der Waals surface area contributed by atoms with Gasteiger partial charge in [0.2, 0.25) is 0 Å². The monoisotopic (exact) mass is 414 g/mol. The molecular formula is C25H26N4O2. The van der Waals surface area contributed by atoms with Crippen LogP contribution in [0.5, 0.6) is 11.5 Å². The predicted octanol–water partition coefficient (Wildman–Crippen LogP) is 4.17. The Labute approximate surface area is 181 Å². The Morgan fingerprint density at radius 2 is 1.74 bits per heavy atom. The summed E-state index contributed by atoms with van der Waals surface area (Å²) in [5.41, 5.74) is 3.73. The van der Waals surface area contributed by atoms with Crippen LogP contribution in [0.2, 0.25) is 0 Å². The molecule has 1 aliphatic heterocycles. The predicted molar refractivity (Wildman–Crippen MR) is 121 cm³/mol. The van der Waals surface area contributed by atoms with Gasteiger partial charge in [0.25, 0.3) is 0 Å². The van der Waals surface area contributed by atoms with Gasteiger partial charge in [0.05, 0.1) is 5.69 Å². The van der Waals surface area contributed by atoms with Crippen LogP contribution in [0, 0.1) is 0 Å². The highest BCUT2D eigenvalue weighted by atomic mass is 16.5. The van der Waals surface area contributed by atoms with Crippen LogP contribution in [0.15, 0.2) is 66.7 Å². The minimum Gasteiger partial charge on any atom is -0.508 e. The Hall–Kier alpha value is -3.38. The fourth-order valence-electron chi connectivity index (χ4n) is 4.09. The highest BCUT2D eigenvalue weighted by molar-refractivity contribution is 5.64. The summed E-state index contributed by atoms with van der Waals surface area (Å²) in [6.45, 7) is 4.11. The van der Waals surface area contributed by atoms with E-state index in [0.29, 0.717) is 6.42 Å². The molecule has 1 saturated heterocycles. The number of benzene rings is 2. The van der Waals surface area contributed by atoms with Gasteiger partial charge in [-0.1, -0.05) is 30.3 Å². The highest BCUT2D eigenvalue weighted by Gasteiger charge is 2.12. The first-order chi connectivity index (χ1) is 15.2. The lowest BCUT2D eigenvalue weighted by Crippen LogP contribution is -2.25. The summed E-state index contributed by atoms with van der Waals surface area (Å²) in [6, 6.07) is 21.3. The summed E-state index contributed by atoms with van der Waals surface area (Å²) in [4.78, 5) is 7.14. The maximum atomic E-state index is 9.82. The first-order valence-electron chi connectivity index (χ1n) is 10.8. The Kier molecular flexibility index (Phi) is 5.54. The molecule has 0 bridgehead atoms. The number of rotatable bonds is 7. The smallest absolute Gasteiger partial charge is 0.156 e. The maximum Gasteiger partial charge on any atom is 0.156 e. The number of ether oxygens (including phenoxy) is 1.